The first kappa shape index (κ1) is 15.9. The predicted octanol–water partition coefficient (Wildman–Crippen LogP) is 1.43. The van der Waals surface area contributed by atoms with Gasteiger partial charge in [-0.1, -0.05) is 38.1 Å². The Morgan fingerprint density at radius 1 is 1.21 bits per heavy atom. The molecule has 0 saturated carbocycles. The van der Waals surface area contributed by atoms with Crippen LogP contribution in [0.2, 0.25) is 0 Å². The molecule has 0 fully saturated rings. The van der Waals surface area contributed by atoms with E-state index in [1.807, 2.05) is 12.1 Å². The average Bonchev–Trinajstić information content (AvgIpc) is 2.97. The highest BCUT2D eigenvalue weighted by atomic mass is 16.2. The van der Waals surface area contributed by atoms with Gasteiger partial charge in [0.15, 0.2) is 16.9 Å². The molecule has 3 rings (SSSR count). The fraction of sp³-hybridized carbons (Fsp3) is 0.294. The Bertz CT molecular complexity index is 1020. The molecular weight excluding hydrogens is 308 g/mol. The van der Waals surface area contributed by atoms with Gasteiger partial charge in [0.25, 0.3) is 5.56 Å². The Morgan fingerprint density at radius 2 is 1.88 bits per heavy atom. The number of imidazole rings is 1. The minimum absolute atomic E-state index is 0.0151. The number of aromatic nitrogens is 4. The fourth-order valence-electron chi connectivity index (χ4n) is 2.61. The van der Waals surface area contributed by atoms with Crippen LogP contribution >= 0.6 is 0 Å². The van der Waals surface area contributed by atoms with Gasteiger partial charge in [-0.2, -0.15) is 0 Å². The van der Waals surface area contributed by atoms with Gasteiger partial charge in [0.05, 0.1) is 12.9 Å². The molecule has 0 atom stereocenters. The lowest BCUT2D eigenvalue weighted by molar-refractivity contribution is 0.0973. The van der Waals surface area contributed by atoms with Crippen molar-refractivity contribution in [2.75, 3.05) is 0 Å². The molecule has 0 aliphatic rings. The van der Waals surface area contributed by atoms with Crippen LogP contribution < -0.4 is 11.2 Å². The highest BCUT2D eigenvalue weighted by Gasteiger charge is 2.14. The molecule has 0 radical (unpaired) electrons. The SMILES string of the molecule is CC(C)c1ccc(C(=O)Cn2cnc3c2c(=O)[nH]c(=O)n3C)cc1. The van der Waals surface area contributed by atoms with Crippen molar-refractivity contribution < 1.29 is 4.79 Å². The molecule has 1 aromatic carbocycles. The molecule has 3 aromatic rings. The summed E-state index contributed by atoms with van der Waals surface area (Å²) in [6, 6.07) is 7.44. The summed E-state index contributed by atoms with van der Waals surface area (Å²) in [7, 11) is 1.52. The third kappa shape index (κ3) is 2.68. The molecular formula is C17H18N4O3. The summed E-state index contributed by atoms with van der Waals surface area (Å²) < 4.78 is 2.71. The molecule has 0 spiro atoms. The summed E-state index contributed by atoms with van der Waals surface area (Å²) in [6.07, 6.45) is 1.40. The first-order chi connectivity index (χ1) is 11.4. The van der Waals surface area contributed by atoms with Crippen molar-refractivity contribution in [2.24, 2.45) is 7.05 Å². The molecule has 0 saturated heterocycles. The van der Waals surface area contributed by atoms with E-state index >= 15 is 0 Å². The summed E-state index contributed by atoms with van der Waals surface area (Å²) in [6.45, 7) is 4.16. The number of ketones is 1. The molecule has 7 nitrogen and oxygen atoms in total. The van der Waals surface area contributed by atoms with Crippen LogP contribution in [0.15, 0.2) is 40.2 Å². The lowest BCUT2D eigenvalue weighted by Gasteiger charge is -2.07. The first-order valence-corrected chi connectivity index (χ1v) is 7.65. The van der Waals surface area contributed by atoms with Crippen LogP contribution in [0.1, 0.15) is 35.7 Å². The van der Waals surface area contributed by atoms with E-state index in [1.54, 1.807) is 12.1 Å². The maximum absolute atomic E-state index is 12.5. The normalized spacial score (nSPS) is 11.3. The molecule has 2 aromatic heterocycles. The minimum Gasteiger partial charge on any atom is -0.317 e. The molecule has 1 N–H and O–H groups in total. The van der Waals surface area contributed by atoms with E-state index in [1.165, 1.54) is 22.5 Å². The topological polar surface area (TPSA) is 89.8 Å². The summed E-state index contributed by atoms with van der Waals surface area (Å²) in [4.78, 5) is 42.4. The largest absolute Gasteiger partial charge is 0.329 e. The molecule has 24 heavy (non-hydrogen) atoms. The number of aryl methyl sites for hydroxylation is 1. The summed E-state index contributed by atoms with van der Waals surface area (Å²) >= 11 is 0. The van der Waals surface area contributed by atoms with Gasteiger partial charge in [-0.3, -0.25) is 19.1 Å². The second-order valence-corrected chi connectivity index (χ2v) is 6.06. The number of fused-ring (bicyclic) bond motifs is 1. The Morgan fingerprint density at radius 3 is 2.50 bits per heavy atom. The van der Waals surface area contributed by atoms with Crippen molar-refractivity contribution >= 4 is 16.9 Å². The van der Waals surface area contributed by atoms with Crippen molar-refractivity contribution in [2.45, 2.75) is 26.3 Å². The smallest absolute Gasteiger partial charge is 0.317 e. The number of nitrogens with one attached hydrogen (secondary N) is 1. The number of carbonyl (C=O) groups excluding carboxylic acids is 1. The number of H-pyrrole nitrogens is 1. The standard InChI is InChI=1S/C17H18N4O3/c1-10(2)11-4-6-12(7-5-11)13(22)8-21-9-18-15-14(21)16(23)19-17(24)20(15)3/h4-7,9-10H,8H2,1-3H3,(H,19,23,24). The summed E-state index contributed by atoms with van der Waals surface area (Å²) in [5.74, 6) is 0.268. The average molecular weight is 326 g/mol. The van der Waals surface area contributed by atoms with Gasteiger partial charge in [0, 0.05) is 12.6 Å². The zero-order valence-corrected chi connectivity index (χ0v) is 13.7. The number of carbonyl (C=O) groups is 1. The van der Waals surface area contributed by atoms with Crippen molar-refractivity contribution in [1.29, 1.82) is 0 Å². The van der Waals surface area contributed by atoms with E-state index < -0.39 is 11.2 Å². The fourth-order valence-corrected chi connectivity index (χ4v) is 2.61. The molecule has 0 aliphatic heterocycles. The van der Waals surface area contributed by atoms with Crippen LogP contribution in [-0.2, 0) is 13.6 Å². The Kier molecular flexibility index (Phi) is 3.92. The van der Waals surface area contributed by atoms with E-state index in [0.29, 0.717) is 11.5 Å². The van der Waals surface area contributed by atoms with Crippen LogP contribution in [-0.4, -0.2) is 24.9 Å². The number of hydrogen-bond acceptors (Lipinski definition) is 4. The number of rotatable bonds is 4. The van der Waals surface area contributed by atoms with Crippen molar-refractivity contribution in [3.05, 3.63) is 62.6 Å². The molecule has 0 bridgehead atoms. The van der Waals surface area contributed by atoms with Crippen molar-refractivity contribution in [3.63, 3.8) is 0 Å². The van der Waals surface area contributed by atoms with Gasteiger partial charge in [0.1, 0.15) is 0 Å². The van der Waals surface area contributed by atoms with E-state index in [9.17, 15) is 14.4 Å². The highest BCUT2D eigenvalue weighted by molar-refractivity contribution is 5.96. The van der Waals surface area contributed by atoms with Crippen molar-refractivity contribution in [3.8, 4) is 0 Å². The Labute approximate surface area is 137 Å². The van der Waals surface area contributed by atoms with Gasteiger partial charge in [-0.15, -0.1) is 0 Å². The maximum Gasteiger partial charge on any atom is 0.329 e. The van der Waals surface area contributed by atoms with E-state index in [0.717, 1.165) is 5.56 Å². The van der Waals surface area contributed by atoms with Crippen LogP contribution in [0, 0.1) is 0 Å². The number of benzene rings is 1. The second-order valence-electron chi connectivity index (χ2n) is 6.06. The van der Waals surface area contributed by atoms with Gasteiger partial charge in [-0.05, 0) is 11.5 Å². The first-order valence-electron chi connectivity index (χ1n) is 7.65. The lowest BCUT2D eigenvalue weighted by Crippen LogP contribution is -2.29. The predicted molar refractivity (Wildman–Crippen MR) is 90.5 cm³/mol. The molecule has 0 amide bonds. The number of nitrogens with zero attached hydrogens (tertiary/aromatic N) is 3. The van der Waals surface area contributed by atoms with Crippen molar-refractivity contribution in [1.82, 2.24) is 19.1 Å². The molecule has 2 heterocycles. The van der Waals surface area contributed by atoms with Crippen LogP contribution in [0.25, 0.3) is 11.2 Å². The van der Waals surface area contributed by atoms with Gasteiger partial charge < -0.3 is 4.57 Å². The van der Waals surface area contributed by atoms with E-state index in [-0.39, 0.29) is 23.5 Å². The number of Topliss-reactive ketones (excluding diaryl/α,β-unsaturated/α-hetero) is 1. The lowest BCUT2D eigenvalue weighted by atomic mass is 10.0. The Hall–Kier alpha value is -2.96. The van der Waals surface area contributed by atoms with E-state index in [4.69, 9.17) is 0 Å². The van der Waals surface area contributed by atoms with Gasteiger partial charge in [-0.25, -0.2) is 9.78 Å². The summed E-state index contributed by atoms with van der Waals surface area (Å²) in [5.41, 5.74) is 1.12. The van der Waals surface area contributed by atoms with Crippen LogP contribution in [0.3, 0.4) is 0 Å². The molecule has 7 heteroatoms. The number of hydrogen-bond donors (Lipinski definition) is 1. The van der Waals surface area contributed by atoms with E-state index in [2.05, 4.69) is 23.8 Å². The third-order valence-electron chi connectivity index (χ3n) is 4.09. The highest BCUT2D eigenvalue weighted by Crippen LogP contribution is 2.15. The third-order valence-corrected chi connectivity index (χ3v) is 4.09. The minimum atomic E-state index is -0.548. The van der Waals surface area contributed by atoms with Crippen LogP contribution in [0.5, 0.6) is 0 Å². The number of aromatic amines is 1. The van der Waals surface area contributed by atoms with Gasteiger partial charge in [0.2, 0.25) is 0 Å². The molecule has 0 unspecified atom stereocenters. The van der Waals surface area contributed by atoms with Gasteiger partial charge >= 0.3 is 5.69 Å². The molecule has 0 aliphatic carbocycles. The van der Waals surface area contributed by atoms with Crippen LogP contribution in [0.4, 0.5) is 0 Å². The maximum atomic E-state index is 12.5. The molecule has 124 valence electrons. The zero-order valence-electron chi connectivity index (χ0n) is 13.7. The summed E-state index contributed by atoms with van der Waals surface area (Å²) in [5, 5.41) is 0. The Balaban J connectivity index is 1.95. The quantitative estimate of drug-likeness (QED) is 0.734. The second kappa shape index (κ2) is 5.92. The zero-order chi connectivity index (χ0) is 17.4. The monoisotopic (exact) mass is 326 g/mol.